The van der Waals surface area contributed by atoms with Gasteiger partial charge in [-0.2, -0.15) is 0 Å². The first-order valence-corrected chi connectivity index (χ1v) is 8.34. The lowest BCUT2D eigenvalue weighted by Gasteiger charge is -2.24. The number of anilines is 1. The van der Waals surface area contributed by atoms with Crippen molar-refractivity contribution in [3.8, 4) is 0 Å². The third-order valence-corrected chi connectivity index (χ3v) is 4.44. The molecule has 0 N–H and O–H groups in total. The van der Waals surface area contributed by atoms with E-state index in [2.05, 4.69) is 65.4 Å². The number of hydrogen-bond donors (Lipinski definition) is 0. The van der Waals surface area contributed by atoms with Crippen LogP contribution >= 0.6 is 22.6 Å². The Balaban J connectivity index is 2.64. The number of fused-ring (bicyclic) bond motifs is 1. The fraction of sp³-hybridized carbons (Fsp3) is 0.500. The van der Waals surface area contributed by atoms with Crippen LogP contribution in [0.5, 0.6) is 0 Å². The van der Waals surface area contributed by atoms with Crippen molar-refractivity contribution in [3.63, 3.8) is 0 Å². The second-order valence-electron chi connectivity index (χ2n) is 5.12. The summed E-state index contributed by atoms with van der Waals surface area (Å²) < 4.78 is 1.20. The number of unbranched alkanes of at least 4 members (excludes halogenated alkanes) is 1. The maximum absolute atomic E-state index is 4.74. The van der Waals surface area contributed by atoms with E-state index in [1.165, 1.54) is 27.4 Å². The highest BCUT2D eigenvalue weighted by Gasteiger charge is 2.15. The molecule has 0 aliphatic rings. The van der Waals surface area contributed by atoms with Crippen LogP contribution < -0.4 is 4.90 Å². The third kappa shape index (κ3) is 3.05. The smallest absolute Gasteiger partial charge is 0.140 e. The first-order valence-electron chi connectivity index (χ1n) is 7.26. The molecule has 108 valence electrons. The Hall–Kier alpha value is -0.910. The average molecular weight is 383 g/mol. The summed E-state index contributed by atoms with van der Waals surface area (Å²) >= 11 is 2.36. The monoisotopic (exact) mass is 383 g/mol. The van der Waals surface area contributed by atoms with Gasteiger partial charge in [0.05, 0.1) is 5.52 Å². The van der Waals surface area contributed by atoms with Crippen LogP contribution in [0.2, 0.25) is 0 Å². The number of nitrogens with zero attached hydrogens (tertiary/aromatic N) is 3. The molecule has 0 atom stereocenters. The molecule has 4 heteroatoms. The molecule has 0 saturated heterocycles. The van der Waals surface area contributed by atoms with Crippen LogP contribution in [0.4, 0.5) is 5.82 Å². The predicted molar refractivity (Wildman–Crippen MR) is 94.5 cm³/mol. The molecular weight excluding hydrogens is 361 g/mol. The Kier molecular flexibility index (Phi) is 5.18. The quantitative estimate of drug-likeness (QED) is 0.713. The Morgan fingerprint density at radius 3 is 2.55 bits per heavy atom. The van der Waals surface area contributed by atoms with Gasteiger partial charge in [-0.1, -0.05) is 19.4 Å². The van der Waals surface area contributed by atoms with Gasteiger partial charge >= 0.3 is 0 Å². The molecule has 0 amide bonds. The summed E-state index contributed by atoms with van der Waals surface area (Å²) in [4.78, 5) is 11.8. The van der Waals surface area contributed by atoms with Crippen LogP contribution in [0.3, 0.4) is 0 Å². The zero-order valence-electron chi connectivity index (χ0n) is 12.7. The van der Waals surface area contributed by atoms with E-state index in [-0.39, 0.29) is 0 Å². The van der Waals surface area contributed by atoms with E-state index in [0.717, 1.165) is 30.2 Å². The molecule has 1 heterocycles. The van der Waals surface area contributed by atoms with E-state index in [0.29, 0.717) is 0 Å². The van der Waals surface area contributed by atoms with Crippen molar-refractivity contribution in [2.75, 3.05) is 18.0 Å². The van der Waals surface area contributed by atoms with Crippen molar-refractivity contribution in [1.29, 1.82) is 0 Å². The second kappa shape index (κ2) is 6.70. The van der Waals surface area contributed by atoms with Crippen LogP contribution in [0.1, 0.15) is 38.1 Å². The van der Waals surface area contributed by atoms with Gasteiger partial charge in [0.2, 0.25) is 0 Å². The molecule has 0 fully saturated rings. The summed E-state index contributed by atoms with van der Waals surface area (Å²) in [5, 5.41) is 1.21. The molecule has 1 aromatic carbocycles. The lowest BCUT2D eigenvalue weighted by molar-refractivity contribution is 0.724. The number of hydrogen-bond acceptors (Lipinski definition) is 3. The third-order valence-electron chi connectivity index (χ3n) is 3.56. The largest absolute Gasteiger partial charge is 0.356 e. The molecule has 1 aromatic heterocycles. The van der Waals surface area contributed by atoms with Gasteiger partial charge in [-0.15, -0.1) is 0 Å². The van der Waals surface area contributed by atoms with Gasteiger partial charge in [-0.05, 0) is 61.4 Å². The Morgan fingerprint density at radius 2 is 1.90 bits per heavy atom. The topological polar surface area (TPSA) is 29.0 Å². The lowest BCUT2D eigenvalue weighted by Crippen LogP contribution is -2.25. The highest BCUT2D eigenvalue weighted by Crippen LogP contribution is 2.30. The SMILES string of the molecule is CCCCN(CC)c1nc(C)nc2c(I)ccc(C)c12. The van der Waals surface area contributed by atoms with E-state index in [9.17, 15) is 0 Å². The second-order valence-corrected chi connectivity index (χ2v) is 6.28. The summed E-state index contributed by atoms with van der Waals surface area (Å²) in [5.41, 5.74) is 2.34. The highest BCUT2D eigenvalue weighted by molar-refractivity contribution is 14.1. The fourth-order valence-corrected chi connectivity index (χ4v) is 3.02. The Labute approximate surface area is 134 Å². The highest BCUT2D eigenvalue weighted by atomic mass is 127. The normalized spacial score (nSPS) is 11.1. The molecule has 3 nitrogen and oxygen atoms in total. The first kappa shape index (κ1) is 15.5. The van der Waals surface area contributed by atoms with Gasteiger partial charge in [0, 0.05) is 22.0 Å². The van der Waals surface area contributed by atoms with E-state index < -0.39 is 0 Å². The van der Waals surface area contributed by atoms with Crippen molar-refractivity contribution in [2.24, 2.45) is 0 Å². The summed E-state index contributed by atoms with van der Waals surface area (Å²) in [6.07, 6.45) is 2.40. The zero-order chi connectivity index (χ0) is 14.7. The molecule has 20 heavy (non-hydrogen) atoms. The molecular formula is C16H22IN3. The Bertz CT molecular complexity index is 610. The average Bonchev–Trinajstić information content (AvgIpc) is 2.43. The zero-order valence-corrected chi connectivity index (χ0v) is 14.9. The molecule has 2 rings (SSSR count). The van der Waals surface area contributed by atoms with E-state index in [1.54, 1.807) is 0 Å². The van der Waals surface area contributed by atoms with Gasteiger partial charge in [-0.3, -0.25) is 0 Å². The fourth-order valence-electron chi connectivity index (χ4n) is 2.45. The number of aromatic nitrogens is 2. The molecule has 0 spiro atoms. The Morgan fingerprint density at radius 1 is 1.15 bits per heavy atom. The molecule has 0 aliphatic carbocycles. The van der Waals surface area contributed by atoms with Gasteiger partial charge in [0.1, 0.15) is 11.6 Å². The summed E-state index contributed by atoms with van der Waals surface area (Å²) in [7, 11) is 0. The van der Waals surface area contributed by atoms with Gasteiger partial charge in [0.15, 0.2) is 0 Å². The van der Waals surface area contributed by atoms with Crippen molar-refractivity contribution in [1.82, 2.24) is 9.97 Å². The van der Waals surface area contributed by atoms with Crippen LogP contribution in [-0.4, -0.2) is 23.1 Å². The van der Waals surface area contributed by atoms with Crippen LogP contribution in [0.15, 0.2) is 12.1 Å². The molecule has 0 unspecified atom stereocenters. The number of benzene rings is 1. The van der Waals surface area contributed by atoms with Crippen LogP contribution in [0, 0.1) is 17.4 Å². The maximum atomic E-state index is 4.74. The minimum atomic E-state index is 0.853. The van der Waals surface area contributed by atoms with Gasteiger partial charge in [-0.25, -0.2) is 9.97 Å². The number of halogens is 1. The molecule has 0 radical (unpaired) electrons. The molecule has 2 aromatic rings. The van der Waals surface area contributed by atoms with Crippen LogP contribution in [0.25, 0.3) is 10.9 Å². The van der Waals surface area contributed by atoms with Gasteiger partial charge < -0.3 is 4.90 Å². The number of rotatable bonds is 5. The van der Waals surface area contributed by atoms with Crippen molar-refractivity contribution < 1.29 is 0 Å². The van der Waals surface area contributed by atoms with Crippen molar-refractivity contribution >= 4 is 39.3 Å². The summed E-state index contributed by atoms with van der Waals surface area (Å²) in [6, 6.07) is 4.30. The summed E-state index contributed by atoms with van der Waals surface area (Å²) in [6.45, 7) is 10.6. The van der Waals surface area contributed by atoms with E-state index in [1.807, 2.05) is 6.92 Å². The standard InChI is InChI=1S/C16H22IN3/c1-5-7-10-20(6-2)16-14-11(3)8-9-13(17)15(14)18-12(4)19-16/h8-9H,5-7,10H2,1-4H3. The van der Waals surface area contributed by atoms with Crippen LogP contribution in [-0.2, 0) is 0 Å². The van der Waals surface area contributed by atoms with E-state index in [4.69, 9.17) is 4.98 Å². The minimum absolute atomic E-state index is 0.853. The molecule has 0 aliphatic heterocycles. The number of aryl methyl sites for hydroxylation is 2. The first-order chi connectivity index (χ1) is 9.58. The maximum Gasteiger partial charge on any atom is 0.140 e. The summed E-state index contributed by atoms with van der Waals surface area (Å²) in [5.74, 6) is 1.95. The lowest BCUT2D eigenvalue weighted by atomic mass is 10.1. The van der Waals surface area contributed by atoms with E-state index >= 15 is 0 Å². The minimum Gasteiger partial charge on any atom is -0.356 e. The van der Waals surface area contributed by atoms with Gasteiger partial charge in [0.25, 0.3) is 0 Å². The van der Waals surface area contributed by atoms with Crippen molar-refractivity contribution in [2.45, 2.75) is 40.5 Å². The predicted octanol–water partition coefficient (Wildman–Crippen LogP) is 4.48. The molecule has 0 bridgehead atoms. The molecule has 0 saturated carbocycles. The van der Waals surface area contributed by atoms with Crippen molar-refractivity contribution in [3.05, 3.63) is 27.1 Å².